The molecule has 0 spiro atoms. The summed E-state index contributed by atoms with van der Waals surface area (Å²) in [5, 5.41) is 7.37. The summed E-state index contributed by atoms with van der Waals surface area (Å²) < 4.78 is 1.90. The van der Waals surface area contributed by atoms with Crippen molar-refractivity contribution in [3.05, 3.63) is 47.5 Å². The molecule has 2 aromatic rings. The molecule has 2 heterocycles. The number of rotatable bonds is 2. The van der Waals surface area contributed by atoms with Crippen LogP contribution in [0.5, 0.6) is 0 Å². The topological polar surface area (TPSA) is 59.8 Å². The quantitative estimate of drug-likeness (QED) is 0.888. The summed E-state index contributed by atoms with van der Waals surface area (Å²) in [4.78, 5) is 16.1. The van der Waals surface area contributed by atoms with Gasteiger partial charge in [0.15, 0.2) is 0 Å². The first-order valence-electron chi connectivity index (χ1n) is 6.47. The maximum Gasteiger partial charge on any atom is 0.251 e. The minimum Gasteiger partial charge on any atom is -0.345 e. The third-order valence-electron chi connectivity index (χ3n) is 3.62. The van der Waals surface area contributed by atoms with E-state index in [0.29, 0.717) is 5.56 Å². The molecule has 1 aliphatic carbocycles. The van der Waals surface area contributed by atoms with Crippen molar-refractivity contribution in [1.29, 1.82) is 0 Å². The number of carbonyl (C=O) groups is 1. The second kappa shape index (κ2) is 4.84. The third-order valence-corrected chi connectivity index (χ3v) is 3.62. The van der Waals surface area contributed by atoms with Crippen LogP contribution >= 0.6 is 0 Å². The van der Waals surface area contributed by atoms with E-state index in [9.17, 15) is 4.79 Å². The minimum absolute atomic E-state index is 0.0518. The van der Waals surface area contributed by atoms with Gasteiger partial charge in [0.2, 0.25) is 0 Å². The van der Waals surface area contributed by atoms with Crippen LogP contribution in [0, 0.1) is 0 Å². The molecule has 98 valence electrons. The Kier molecular flexibility index (Phi) is 3.03. The zero-order valence-corrected chi connectivity index (χ0v) is 10.8. The summed E-state index contributed by atoms with van der Waals surface area (Å²) in [6.07, 6.45) is 8.21. The lowest BCUT2D eigenvalue weighted by Crippen LogP contribution is -2.30. The number of hydrogen-bond donors (Lipinski definition) is 1. The molecular weight excluding hydrogens is 240 g/mol. The molecule has 0 unspecified atom stereocenters. The smallest absolute Gasteiger partial charge is 0.251 e. The zero-order chi connectivity index (χ0) is 13.2. The van der Waals surface area contributed by atoms with Crippen molar-refractivity contribution in [3.63, 3.8) is 0 Å². The first-order valence-corrected chi connectivity index (χ1v) is 6.47. The van der Waals surface area contributed by atoms with Crippen molar-refractivity contribution in [3.8, 4) is 0 Å². The van der Waals surface area contributed by atoms with E-state index in [1.165, 1.54) is 5.69 Å². The van der Waals surface area contributed by atoms with Gasteiger partial charge in [0.25, 0.3) is 5.91 Å². The lowest BCUT2D eigenvalue weighted by atomic mass is 9.93. The van der Waals surface area contributed by atoms with Gasteiger partial charge < -0.3 is 5.32 Å². The Bertz CT molecular complexity index is 591. The Morgan fingerprint density at radius 1 is 1.42 bits per heavy atom. The van der Waals surface area contributed by atoms with Gasteiger partial charge in [0.05, 0.1) is 12.2 Å². The van der Waals surface area contributed by atoms with Crippen molar-refractivity contribution in [1.82, 2.24) is 20.1 Å². The highest BCUT2D eigenvalue weighted by molar-refractivity contribution is 5.94. The van der Waals surface area contributed by atoms with E-state index in [2.05, 4.69) is 15.4 Å². The summed E-state index contributed by atoms with van der Waals surface area (Å²) in [6, 6.07) is 3.52. The SMILES string of the molecule is Cn1ncc2c1CCC[C@H]2NC(=O)c1ccncc1. The number of amides is 1. The average Bonchev–Trinajstić information content (AvgIpc) is 2.83. The van der Waals surface area contributed by atoms with Gasteiger partial charge in [-0.2, -0.15) is 5.10 Å². The fourth-order valence-corrected chi connectivity index (χ4v) is 2.60. The number of aryl methyl sites for hydroxylation is 1. The van der Waals surface area contributed by atoms with Gasteiger partial charge in [0, 0.05) is 36.3 Å². The van der Waals surface area contributed by atoms with Crippen LogP contribution in [0.4, 0.5) is 0 Å². The molecular formula is C14H16N4O. The van der Waals surface area contributed by atoms with Gasteiger partial charge in [-0.15, -0.1) is 0 Å². The van der Waals surface area contributed by atoms with E-state index in [1.807, 2.05) is 17.9 Å². The molecule has 3 rings (SSSR count). The molecule has 1 N–H and O–H groups in total. The maximum atomic E-state index is 12.2. The van der Waals surface area contributed by atoms with E-state index in [0.717, 1.165) is 24.8 Å². The Morgan fingerprint density at radius 2 is 2.21 bits per heavy atom. The summed E-state index contributed by atoms with van der Waals surface area (Å²) in [7, 11) is 1.95. The van der Waals surface area contributed by atoms with Crippen LogP contribution in [0.1, 0.15) is 40.5 Å². The van der Waals surface area contributed by atoms with Gasteiger partial charge in [-0.1, -0.05) is 0 Å². The van der Waals surface area contributed by atoms with E-state index in [1.54, 1.807) is 24.5 Å². The predicted molar refractivity (Wildman–Crippen MR) is 70.6 cm³/mol. The van der Waals surface area contributed by atoms with E-state index in [-0.39, 0.29) is 11.9 Å². The van der Waals surface area contributed by atoms with Crippen molar-refractivity contribution < 1.29 is 4.79 Å². The van der Waals surface area contributed by atoms with Crippen LogP contribution in [-0.2, 0) is 13.5 Å². The molecule has 2 aromatic heterocycles. The first-order chi connectivity index (χ1) is 9.25. The highest BCUT2D eigenvalue weighted by Gasteiger charge is 2.24. The molecule has 0 saturated carbocycles. The first kappa shape index (κ1) is 11.9. The van der Waals surface area contributed by atoms with Crippen molar-refractivity contribution in [2.24, 2.45) is 7.05 Å². The van der Waals surface area contributed by atoms with E-state index >= 15 is 0 Å². The van der Waals surface area contributed by atoms with Gasteiger partial charge in [-0.3, -0.25) is 14.5 Å². The molecule has 1 atom stereocenters. The molecule has 5 nitrogen and oxygen atoms in total. The highest BCUT2D eigenvalue weighted by atomic mass is 16.1. The van der Waals surface area contributed by atoms with Gasteiger partial charge in [-0.25, -0.2) is 0 Å². The Hall–Kier alpha value is -2.17. The van der Waals surface area contributed by atoms with Crippen molar-refractivity contribution in [2.45, 2.75) is 25.3 Å². The molecule has 5 heteroatoms. The molecule has 0 radical (unpaired) electrons. The van der Waals surface area contributed by atoms with Gasteiger partial charge in [-0.05, 0) is 31.4 Å². The van der Waals surface area contributed by atoms with Gasteiger partial charge in [0.1, 0.15) is 0 Å². The second-order valence-corrected chi connectivity index (χ2v) is 4.82. The van der Waals surface area contributed by atoms with Crippen molar-refractivity contribution >= 4 is 5.91 Å². The minimum atomic E-state index is -0.0518. The summed E-state index contributed by atoms with van der Waals surface area (Å²) in [5.74, 6) is -0.0518. The summed E-state index contributed by atoms with van der Waals surface area (Å²) in [6.45, 7) is 0. The molecule has 1 aliphatic rings. The molecule has 19 heavy (non-hydrogen) atoms. The fraction of sp³-hybridized carbons (Fsp3) is 0.357. The predicted octanol–water partition coefficient (Wildman–Crippen LogP) is 1.62. The summed E-state index contributed by atoms with van der Waals surface area (Å²) in [5.41, 5.74) is 3.02. The van der Waals surface area contributed by atoms with Crippen molar-refractivity contribution in [2.75, 3.05) is 0 Å². The number of hydrogen-bond acceptors (Lipinski definition) is 3. The number of aromatic nitrogens is 3. The standard InChI is InChI=1S/C14H16N4O/c1-18-13-4-2-3-12(11(13)9-16-18)17-14(19)10-5-7-15-8-6-10/h5-9,12H,2-4H2,1H3,(H,17,19)/t12-/m1/s1. The van der Waals surface area contributed by atoms with Crippen LogP contribution in [0.15, 0.2) is 30.7 Å². The zero-order valence-electron chi connectivity index (χ0n) is 10.8. The average molecular weight is 256 g/mol. The third kappa shape index (κ3) is 2.23. The van der Waals surface area contributed by atoms with Crippen LogP contribution in [0.3, 0.4) is 0 Å². The molecule has 0 aromatic carbocycles. The lowest BCUT2D eigenvalue weighted by molar-refractivity contribution is 0.0932. The maximum absolute atomic E-state index is 12.2. The number of fused-ring (bicyclic) bond motifs is 1. The number of pyridine rings is 1. The summed E-state index contributed by atoms with van der Waals surface area (Å²) >= 11 is 0. The Balaban J connectivity index is 1.80. The number of nitrogens with one attached hydrogen (secondary N) is 1. The monoisotopic (exact) mass is 256 g/mol. The molecule has 0 fully saturated rings. The number of nitrogens with zero attached hydrogens (tertiary/aromatic N) is 3. The Labute approximate surface area is 111 Å². The molecule has 1 amide bonds. The molecule has 0 saturated heterocycles. The van der Waals surface area contributed by atoms with Crippen LogP contribution < -0.4 is 5.32 Å². The Morgan fingerprint density at radius 3 is 3.00 bits per heavy atom. The lowest BCUT2D eigenvalue weighted by Gasteiger charge is -2.23. The van der Waals surface area contributed by atoms with E-state index < -0.39 is 0 Å². The molecule has 0 bridgehead atoms. The second-order valence-electron chi connectivity index (χ2n) is 4.82. The number of carbonyl (C=O) groups excluding carboxylic acids is 1. The fourth-order valence-electron chi connectivity index (χ4n) is 2.60. The van der Waals surface area contributed by atoms with Crippen LogP contribution in [-0.4, -0.2) is 20.7 Å². The largest absolute Gasteiger partial charge is 0.345 e. The molecule has 0 aliphatic heterocycles. The van der Waals surface area contributed by atoms with Crippen LogP contribution in [0.25, 0.3) is 0 Å². The van der Waals surface area contributed by atoms with E-state index in [4.69, 9.17) is 0 Å². The van der Waals surface area contributed by atoms with Gasteiger partial charge >= 0.3 is 0 Å². The normalized spacial score (nSPS) is 17.8. The highest BCUT2D eigenvalue weighted by Crippen LogP contribution is 2.29. The van der Waals surface area contributed by atoms with Crippen LogP contribution in [0.2, 0.25) is 0 Å².